The van der Waals surface area contributed by atoms with Gasteiger partial charge in [-0.05, 0) is 75.0 Å². The summed E-state index contributed by atoms with van der Waals surface area (Å²) < 4.78 is 0. The zero-order valence-electron chi connectivity index (χ0n) is 14.0. The summed E-state index contributed by atoms with van der Waals surface area (Å²) in [5.74, 6) is -0.614. The average Bonchev–Trinajstić information content (AvgIpc) is 2.35. The van der Waals surface area contributed by atoms with Gasteiger partial charge in [-0.1, -0.05) is 31.5 Å². The Bertz CT molecular complexity index is 522. The van der Waals surface area contributed by atoms with Crippen molar-refractivity contribution in [2.24, 2.45) is 10.8 Å². The van der Waals surface area contributed by atoms with E-state index < -0.39 is 11.4 Å². The summed E-state index contributed by atoms with van der Waals surface area (Å²) in [6.45, 7) is 10.8. The molecule has 0 aliphatic heterocycles. The maximum atomic E-state index is 12.0. The molecule has 2 heteroatoms. The number of carboxylic acids is 1. The number of hydrogen-bond donors (Lipinski definition) is 1. The van der Waals surface area contributed by atoms with Crippen LogP contribution in [0.25, 0.3) is 0 Å². The van der Waals surface area contributed by atoms with E-state index in [1.807, 2.05) is 0 Å². The molecule has 1 saturated carbocycles. The van der Waals surface area contributed by atoms with Crippen molar-refractivity contribution in [3.05, 3.63) is 34.4 Å². The minimum atomic E-state index is -0.614. The van der Waals surface area contributed by atoms with Crippen molar-refractivity contribution in [1.29, 1.82) is 0 Å². The molecule has 2 rings (SSSR count). The molecule has 0 bridgehead atoms. The molecule has 0 heterocycles. The summed E-state index contributed by atoms with van der Waals surface area (Å²) in [5.41, 5.74) is 4.68. The molecule has 116 valence electrons. The first kappa shape index (κ1) is 16.1. The minimum absolute atomic E-state index is 0.288. The molecule has 0 saturated heterocycles. The number of rotatable bonds is 3. The van der Waals surface area contributed by atoms with Crippen LogP contribution in [0.4, 0.5) is 0 Å². The maximum absolute atomic E-state index is 12.0. The van der Waals surface area contributed by atoms with Crippen molar-refractivity contribution in [2.45, 2.75) is 66.7 Å². The van der Waals surface area contributed by atoms with Gasteiger partial charge in [-0.3, -0.25) is 4.79 Å². The van der Waals surface area contributed by atoms with Gasteiger partial charge in [0.25, 0.3) is 0 Å². The van der Waals surface area contributed by atoms with Crippen molar-refractivity contribution in [3.63, 3.8) is 0 Å². The molecule has 1 aliphatic rings. The molecule has 21 heavy (non-hydrogen) atoms. The maximum Gasteiger partial charge on any atom is 0.309 e. The Morgan fingerprint density at radius 1 is 1.05 bits per heavy atom. The van der Waals surface area contributed by atoms with E-state index >= 15 is 0 Å². The first-order valence-electron chi connectivity index (χ1n) is 7.95. The summed E-state index contributed by atoms with van der Waals surface area (Å²) in [7, 11) is 0. The summed E-state index contributed by atoms with van der Waals surface area (Å²) in [6.07, 6.45) is 4.27. The largest absolute Gasteiger partial charge is 0.481 e. The van der Waals surface area contributed by atoms with Crippen LogP contribution in [0.5, 0.6) is 0 Å². The van der Waals surface area contributed by atoms with Crippen LogP contribution in [0.2, 0.25) is 0 Å². The van der Waals surface area contributed by atoms with Crippen LogP contribution in [0.15, 0.2) is 12.1 Å². The molecular formula is C19H28O2. The topological polar surface area (TPSA) is 37.3 Å². The third-order valence-electron chi connectivity index (χ3n) is 5.37. The van der Waals surface area contributed by atoms with E-state index in [2.05, 4.69) is 46.8 Å². The molecule has 0 spiro atoms. The second kappa shape index (κ2) is 5.47. The molecule has 2 nitrogen and oxygen atoms in total. The van der Waals surface area contributed by atoms with E-state index in [-0.39, 0.29) is 5.41 Å². The van der Waals surface area contributed by atoms with Crippen molar-refractivity contribution in [2.75, 3.05) is 0 Å². The van der Waals surface area contributed by atoms with Gasteiger partial charge in [-0.25, -0.2) is 0 Å². The third-order valence-corrected chi connectivity index (χ3v) is 5.37. The molecule has 1 N–H and O–H groups in total. The highest BCUT2D eigenvalue weighted by atomic mass is 16.4. The SMILES string of the molecule is Cc1cc(C)c(CC2(C(=O)O)CCC(C)(C)CC2)c(C)c1. The number of carboxylic acid groups (broad SMARTS) is 1. The van der Waals surface area contributed by atoms with Crippen molar-refractivity contribution < 1.29 is 9.90 Å². The fourth-order valence-electron chi connectivity index (χ4n) is 3.70. The molecule has 0 atom stereocenters. The highest BCUT2D eigenvalue weighted by molar-refractivity contribution is 5.75. The van der Waals surface area contributed by atoms with E-state index in [0.29, 0.717) is 6.42 Å². The molecule has 1 aromatic carbocycles. The lowest BCUT2D eigenvalue weighted by atomic mass is 9.62. The van der Waals surface area contributed by atoms with Crippen molar-refractivity contribution >= 4 is 5.97 Å². The van der Waals surface area contributed by atoms with E-state index in [1.54, 1.807) is 0 Å². The Morgan fingerprint density at radius 2 is 1.52 bits per heavy atom. The average molecular weight is 288 g/mol. The minimum Gasteiger partial charge on any atom is -0.481 e. The highest BCUT2D eigenvalue weighted by Crippen LogP contribution is 2.47. The highest BCUT2D eigenvalue weighted by Gasteiger charge is 2.44. The molecule has 0 aromatic heterocycles. The predicted molar refractivity (Wildman–Crippen MR) is 86.7 cm³/mol. The molecule has 1 fully saturated rings. The van der Waals surface area contributed by atoms with Crippen LogP contribution < -0.4 is 0 Å². The van der Waals surface area contributed by atoms with E-state index in [1.165, 1.54) is 22.3 Å². The molecule has 1 aromatic rings. The van der Waals surface area contributed by atoms with E-state index in [4.69, 9.17) is 0 Å². The normalized spacial score (nSPS) is 20.2. The third kappa shape index (κ3) is 3.30. The number of carbonyl (C=O) groups is 1. The van der Waals surface area contributed by atoms with Crippen LogP contribution in [0.1, 0.15) is 61.8 Å². The number of aryl methyl sites for hydroxylation is 3. The zero-order valence-corrected chi connectivity index (χ0v) is 14.0. The van der Waals surface area contributed by atoms with Crippen LogP contribution in [0, 0.1) is 31.6 Å². The fraction of sp³-hybridized carbons (Fsp3) is 0.632. The second-order valence-electron chi connectivity index (χ2n) is 7.80. The van der Waals surface area contributed by atoms with Gasteiger partial charge in [0.2, 0.25) is 0 Å². The summed E-state index contributed by atoms with van der Waals surface area (Å²) in [4.78, 5) is 12.0. The molecule has 0 amide bonds. The Morgan fingerprint density at radius 3 is 1.95 bits per heavy atom. The molecule has 0 radical (unpaired) electrons. The van der Waals surface area contributed by atoms with Gasteiger partial charge < -0.3 is 5.11 Å². The Labute approximate surface area is 128 Å². The fourth-order valence-corrected chi connectivity index (χ4v) is 3.70. The Hall–Kier alpha value is -1.31. The number of aliphatic carboxylic acids is 1. The van der Waals surface area contributed by atoms with Crippen LogP contribution in [-0.4, -0.2) is 11.1 Å². The monoisotopic (exact) mass is 288 g/mol. The standard InChI is InChI=1S/C19H28O2/c1-13-10-14(2)16(15(3)11-13)12-19(17(20)21)8-6-18(4,5)7-9-19/h10-11H,6-9,12H2,1-5H3,(H,20,21). The van der Waals surface area contributed by atoms with Gasteiger partial charge >= 0.3 is 5.97 Å². The smallest absolute Gasteiger partial charge is 0.309 e. The summed E-state index contributed by atoms with van der Waals surface area (Å²) in [6, 6.07) is 4.34. The van der Waals surface area contributed by atoms with Gasteiger partial charge in [0, 0.05) is 0 Å². The Kier molecular flexibility index (Phi) is 4.19. The van der Waals surface area contributed by atoms with Crippen molar-refractivity contribution in [1.82, 2.24) is 0 Å². The number of hydrogen-bond acceptors (Lipinski definition) is 1. The lowest BCUT2D eigenvalue weighted by molar-refractivity contribution is -0.152. The van der Waals surface area contributed by atoms with E-state index in [9.17, 15) is 9.90 Å². The summed E-state index contributed by atoms with van der Waals surface area (Å²) in [5, 5.41) is 9.86. The lowest BCUT2D eigenvalue weighted by Crippen LogP contribution is -2.39. The van der Waals surface area contributed by atoms with Gasteiger partial charge in [0.1, 0.15) is 0 Å². The second-order valence-corrected chi connectivity index (χ2v) is 7.80. The Balaban J connectivity index is 2.32. The van der Waals surface area contributed by atoms with Gasteiger partial charge in [0.15, 0.2) is 0 Å². The van der Waals surface area contributed by atoms with Crippen molar-refractivity contribution in [3.8, 4) is 0 Å². The molecule has 1 aliphatic carbocycles. The first-order valence-corrected chi connectivity index (χ1v) is 7.95. The zero-order chi connectivity index (χ0) is 15.8. The first-order chi connectivity index (χ1) is 9.65. The van der Waals surface area contributed by atoms with Crippen LogP contribution in [0.3, 0.4) is 0 Å². The van der Waals surface area contributed by atoms with Gasteiger partial charge in [-0.15, -0.1) is 0 Å². The van der Waals surface area contributed by atoms with Gasteiger partial charge in [0.05, 0.1) is 5.41 Å². The predicted octanol–water partition coefficient (Wildman–Crippen LogP) is 4.83. The van der Waals surface area contributed by atoms with Gasteiger partial charge in [-0.2, -0.15) is 0 Å². The quantitative estimate of drug-likeness (QED) is 0.865. The van der Waals surface area contributed by atoms with E-state index in [0.717, 1.165) is 25.7 Å². The molecule has 0 unspecified atom stereocenters. The van der Waals surface area contributed by atoms with Crippen LogP contribution >= 0.6 is 0 Å². The summed E-state index contributed by atoms with van der Waals surface area (Å²) >= 11 is 0. The lowest BCUT2D eigenvalue weighted by Gasteiger charge is -2.41. The van der Waals surface area contributed by atoms with Crippen LogP contribution in [-0.2, 0) is 11.2 Å². The molecular weight excluding hydrogens is 260 g/mol. The number of benzene rings is 1.